The Bertz CT molecular complexity index is 984. The molecule has 0 unspecified atom stereocenters. The van der Waals surface area contributed by atoms with Crippen LogP contribution in [0.5, 0.6) is 0 Å². The molecule has 0 saturated heterocycles. The van der Waals surface area contributed by atoms with Gasteiger partial charge in [-0.3, -0.25) is 9.59 Å². The number of aryl methyl sites for hydroxylation is 1. The lowest BCUT2D eigenvalue weighted by Gasteiger charge is -2.11. The van der Waals surface area contributed by atoms with Crippen LogP contribution in [0.4, 0.5) is 0 Å². The lowest BCUT2D eigenvalue weighted by Crippen LogP contribution is -2.33. The second kappa shape index (κ2) is 7.97. The third-order valence-corrected chi connectivity index (χ3v) is 4.15. The molecule has 3 rings (SSSR count). The molecule has 0 spiro atoms. The molecule has 0 aliphatic heterocycles. The van der Waals surface area contributed by atoms with Crippen molar-refractivity contribution in [3.8, 4) is 5.69 Å². The quantitative estimate of drug-likeness (QED) is 0.753. The number of aromatic nitrogens is 2. The van der Waals surface area contributed by atoms with Crippen LogP contribution in [0.3, 0.4) is 0 Å². The highest BCUT2D eigenvalue weighted by molar-refractivity contribution is 6.30. The number of halogens is 1. The fourth-order valence-electron chi connectivity index (χ4n) is 2.63. The second-order valence-electron chi connectivity index (χ2n) is 5.88. The summed E-state index contributed by atoms with van der Waals surface area (Å²) in [5, 5.41) is 7.65. The predicted octanol–water partition coefficient (Wildman–Crippen LogP) is 3.17. The second-order valence-corrected chi connectivity index (χ2v) is 6.32. The SMILES string of the molecule is Cc1cc(=O)c(C(=O)NCCc2cccc(Cl)c2)nn1-c1ccccc1. The molecular weight excluding hydrogens is 350 g/mol. The zero-order valence-corrected chi connectivity index (χ0v) is 15.0. The largest absolute Gasteiger partial charge is 0.350 e. The highest BCUT2D eigenvalue weighted by Gasteiger charge is 2.14. The molecule has 0 bridgehead atoms. The predicted molar refractivity (Wildman–Crippen MR) is 102 cm³/mol. The summed E-state index contributed by atoms with van der Waals surface area (Å²) in [6.07, 6.45) is 0.616. The molecule has 1 N–H and O–H groups in total. The fourth-order valence-corrected chi connectivity index (χ4v) is 2.84. The number of rotatable bonds is 5. The third kappa shape index (κ3) is 4.18. The minimum Gasteiger partial charge on any atom is -0.350 e. The summed E-state index contributed by atoms with van der Waals surface area (Å²) in [5.74, 6) is -0.485. The van der Waals surface area contributed by atoms with Gasteiger partial charge in [0.25, 0.3) is 5.91 Å². The molecule has 3 aromatic rings. The van der Waals surface area contributed by atoms with E-state index in [1.165, 1.54) is 6.07 Å². The van der Waals surface area contributed by atoms with Crippen LogP contribution in [0.25, 0.3) is 5.69 Å². The van der Waals surface area contributed by atoms with E-state index in [-0.39, 0.29) is 5.69 Å². The monoisotopic (exact) mass is 367 g/mol. The van der Waals surface area contributed by atoms with Gasteiger partial charge in [0.05, 0.1) is 5.69 Å². The summed E-state index contributed by atoms with van der Waals surface area (Å²) in [4.78, 5) is 24.6. The zero-order valence-electron chi connectivity index (χ0n) is 14.3. The number of amides is 1. The molecule has 1 heterocycles. The number of hydrogen-bond acceptors (Lipinski definition) is 3. The van der Waals surface area contributed by atoms with Gasteiger partial charge in [-0.1, -0.05) is 41.9 Å². The minimum atomic E-state index is -0.485. The van der Waals surface area contributed by atoms with Crippen LogP contribution in [-0.4, -0.2) is 22.2 Å². The zero-order chi connectivity index (χ0) is 18.5. The Hall–Kier alpha value is -2.92. The van der Waals surface area contributed by atoms with Crippen LogP contribution >= 0.6 is 11.6 Å². The first-order valence-electron chi connectivity index (χ1n) is 8.23. The van der Waals surface area contributed by atoms with E-state index in [0.29, 0.717) is 23.7 Å². The topological polar surface area (TPSA) is 64.0 Å². The first-order valence-corrected chi connectivity index (χ1v) is 8.61. The van der Waals surface area contributed by atoms with E-state index in [9.17, 15) is 9.59 Å². The van der Waals surface area contributed by atoms with Crippen LogP contribution in [0.15, 0.2) is 65.5 Å². The molecule has 0 atom stereocenters. The number of nitrogens with one attached hydrogen (secondary N) is 1. The van der Waals surface area contributed by atoms with Gasteiger partial charge in [0.1, 0.15) is 0 Å². The first-order chi connectivity index (χ1) is 12.5. The number of para-hydroxylation sites is 1. The molecule has 1 aromatic heterocycles. The standard InChI is InChI=1S/C20H18ClN3O2/c1-14-12-18(25)19(23-24(14)17-8-3-2-4-9-17)20(26)22-11-10-15-6-5-7-16(21)13-15/h2-9,12-13H,10-11H2,1H3,(H,22,26). The maximum atomic E-state index is 12.4. The number of nitrogens with zero attached hydrogens (tertiary/aromatic N) is 2. The smallest absolute Gasteiger partial charge is 0.275 e. The minimum absolute atomic E-state index is 0.120. The maximum absolute atomic E-state index is 12.4. The lowest BCUT2D eigenvalue weighted by molar-refractivity contribution is 0.0946. The van der Waals surface area contributed by atoms with Crippen LogP contribution in [-0.2, 0) is 6.42 Å². The first kappa shape index (κ1) is 17.9. The van der Waals surface area contributed by atoms with Crippen molar-refractivity contribution in [2.75, 3.05) is 6.54 Å². The van der Waals surface area contributed by atoms with Crippen molar-refractivity contribution in [2.45, 2.75) is 13.3 Å². The Kier molecular flexibility index (Phi) is 5.49. The van der Waals surface area contributed by atoms with Crippen LogP contribution in [0.2, 0.25) is 5.02 Å². The van der Waals surface area contributed by atoms with Crippen LogP contribution in [0.1, 0.15) is 21.7 Å². The van der Waals surface area contributed by atoms with Gasteiger partial charge < -0.3 is 5.32 Å². The molecule has 0 fully saturated rings. The van der Waals surface area contributed by atoms with Gasteiger partial charge in [0.15, 0.2) is 5.69 Å². The lowest BCUT2D eigenvalue weighted by atomic mass is 10.1. The van der Waals surface area contributed by atoms with Gasteiger partial charge in [-0.15, -0.1) is 0 Å². The average Bonchev–Trinajstić information content (AvgIpc) is 2.62. The molecule has 0 radical (unpaired) electrons. The summed E-state index contributed by atoms with van der Waals surface area (Å²) in [6, 6.07) is 18.2. The van der Waals surface area contributed by atoms with Crippen LogP contribution in [0, 0.1) is 6.92 Å². The van der Waals surface area contributed by atoms with Gasteiger partial charge in [0.2, 0.25) is 5.43 Å². The molecule has 5 nitrogen and oxygen atoms in total. The summed E-state index contributed by atoms with van der Waals surface area (Å²) in [7, 11) is 0. The Morgan fingerprint density at radius 1 is 1.12 bits per heavy atom. The fraction of sp³-hybridized carbons (Fsp3) is 0.150. The maximum Gasteiger partial charge on any atom is 0.275 e. The van der Waals surface area contributed by atoms with E-state index in [0.717, 1.165) is 11.3 Å². The van der Waals surface area contributed by atoms with Gasteiger partial charge in [-0.25, -0.2) is 4.68 Å². The van der Waals surface area contributed by atoms with E-state index in [1.807, 2.05) is 48.5 Å². The summed E-state index contributed by atoms with van der Waals surface area (Å²) < 4.78 is 1.59. The highest BCUT2D eigenvalue weighted by Crippen LogP contribution is 2.11. The normalized spacial score (nSPS) is 10.5. The average molecular weight is 368 g/mol. The van der Waals surface area contributed by atoms with E-state index in [1.54, 1.807) is 17.7 Å². The Morgan fingerprint density at radius 2 is 1.88 bits per heavy atom. The molecule has 1 amide bonds. The Labute approximate surface area is 156 Å². The van der Waals surface area contributed by atoms with E-state index in [2.05, 4.69) is 10.4 Å². The number of carbonyl (C=O) groups excluding carboxylic acids is 1. The van der Waals surface area contributed by atoms with Crippen molar-refractivity contribution < 1.29 is 4.79 Å². The third-order valence-electron chi connectivity index (χ3n) is 3.91. The van der Waals surface area contributed by atoms with Crippen molar-refractivity contribution in [3.05, 3.63) is 92.9 Å². The van der Waals surface area contributed by atoms with Gasteiger partial charge >= 0.3 is 0 Å². The Morgan fingerprint density at radius 3 is 2.62 bits per heavy atom. The number of benzene rings is 2. The van der Waals surface area contributed by atoms with Crippen molar-refractivity contribution in [2.24, 2.45) is 0 Å². The van der Waals surface area contributed by atoms with Crippen LogP contribution < -0.4 is 10.7 Å². The van der Waals surface area contributed by atoms with E-state index in [4.69, 9.17) is 11.6 Å². The highest BCUT2D eigenvalue weighted by atomic mass is 35.5. The molecule has 0 aliphatic rings. The van der Waals surface area contributed by atoms with Crippen molar-refractivity contribution in [3.63, 3.8) is 0 Å². The van der Waals surface area contributed by atoms with Crippen molar-refractivity contribution in [1.82, 2.24) is 15.1 Å². The molecule has 0 saturated carbocycles. The van der Waals surface area contributed by atoms with Crippen molar-refractivity contribution in [1.29, 1.82) is 0 Å². The van der Waals surface area contributed by atoms with Gasteiger partial charge in [0, 0.05) is 23.3 Å². The molecule has 26 heavy (non-hydrogen) atoms. The van der Waals surface area contributed by atoms with Gasteiger partial charge in [-0.05, 0) is 43.2 Å². The molecule has 0 aliphatic carbocycles. The summed E-state index contributed by atoms with van der Waals surface area (Å²) in [6.45, 7) is 2.17. The number of hydrogen-bond donors (Lipinski definition) is 1. The molecule has 2 aromatic carbocycles. The number of carbonyl (C=O) groups is 1. The van der Waals surface area contributed by atoms with Crippen molar-refractivity contribution >= 4 is 17.5 Å². The molecule has 6 heteroatoms. The summed E-state index contributed by atoms with van der Waals surface area (Å²) in [5.41, 5.74) is 1.95. The van der Waals surface area contributed by atoms with E-state index >= 15 is 0 Å². The molecule has 132 valence electrons. The van der Waals surface area contributed by atoms with E-state index < -0.39 is 11.3 Å². The molecular formula is C20H18ClN3O2. The van der Waals surface area contributed by atoms with Gasteiger partial charge in [-0.2, -0.15) is 5.10 Å². The Balaban J connectivity index is 1.76. The summed E-state index contributed by atoms with van der Waals surface area (Å²) >= 11 is 5.95.